The third-order valence-corrected chi connectivity index (χ3v) is 7.70. The summed E-state index contributed by atoms with van der Waals surface area (Å²) in [4.78, 5) is 0. The average molecular weight is 475 g/mol. The Balaban J connectivity index is 1.53. The van der Waals surface area contributed by atoms with Crippen LogP contribution in [0.1, 0.15) is 32.1 Å². The molecule has 1 atom stereocenters. The molecule has 1 heterocycles. The summed E-state index contributed by atoms with van der Waals surface area (Å²) in [6.45, 7) is 1.16. The zero-order valence-electron chi connectivity index (χ0n) is 20.7. The van der Waals surface area contributed by atoms with Gasteiger partial charge in [-0.1, -0.05) is 116 Å². The molecule has 1 aliphatic rings. The number of fused-ring (bicyclic) bond motifs is 3. The Morgan fingerprint density at radius 1 is 0.722 bits per heavy atom. The van der Waals surface area contributed by atoms with Crippen LogP contribution >= 0.6 is 0 Å². The molecule has 0 unspecified atom stereocenters. The van der Waals surface area contributed by atoms with Crippen LogP contribution in [0.15, 0.2) is 97.1 Å². The van der Waals surface area contributed by atoms with Gasteiger partial charge in [-0.15, -0.1) is 0 Å². The van der Waals surface area contributed by atoms with Crippen molar-refractivity contribution in [3.05, 3.63) is 97.1 Å². The lowest BCUT2D eigenvalue weighted by molar-refractivity contribution is 0.146. The lowest BCUT2D eigenvalue weighted by atomic mass is 9.95. The summed E-state index contributed by atoms with van der Waals surface area (Å²) in [6.07, 6.45) is 5.88. The quantitative estimate of drug-likeness (QED) is 0.258. The van der Waals surface area contributed by atoms with Gasteiger partial charge in [-0.3, -0.25) is 0 Å². The van der Waals surface area contributed by atoms with Crippen LogP contribution in [-0.4, -0.2) is 28.4 Å². The minimum absolute atomic E-state index is 0.479. The van der Waals surface area contributed by atoms with Crippen LogP contribution in [0.2, 0.25) is 0 Å². The lowest BCUT2D eigenvalue weighted by Gasteiger charge is -2.25. The highest BCUT2D eigenvalue weighted by Crippen LogP contribution is 2.43. The second-order valence-corrected chi connectivity index (χ2v) is 10.1. The van der Waals surface area contributed by atoms with E-state index in [9.17, 15) is 5.11 Å². The Bertz CT molecular complexity index is 1450. The lowest BCUT2D eigenvalue weighted by Crippen LogP contribution is -2.38. The van der Waals surface area contributed by atoms with Gasteiger partial charge in [0, 0.05) is 28.9 Å². The first-order valence-electron chi connectivity index (χ1n) is 13.4. The SMILES string of the molecule is O[C@@H](CNC1CCCCC1)Cn1c(-c2ccccc2)c(-c2ccccc2)c2ccc3ccccc3c21. The molecule has 182 valence electrons. The summed E-state index contributed by atoms with van der Waals surface area (Å²) >= 11 is 0. The second kappa shape index (κ2) is 10.3. The van der Waals surface area contributed by atoms with Crippen molar-refractivity contribution in [3.8, 4) is 22.4 Å². The number of nitrogens with one attached hydrogen (secondary N) is 1. The fourth-order valence-corrected chi connectivity index (χ4v) is 5.98. The van der Waals surface area contributed by atoms with E-state index >= 15 is 0 Å². The number of nitrogens with zero attached hydrogens (tertiary/aromatic N) is 1. The smallest absolute Gasteiger partial charge is 0.0843 e. The predicted molar refractivity (Wildman–Crippen MR) is 151 cm³/mol. The molecule has 0 saturated heterocycles. The van der Waals surface area contributed by atoms with E-state index in [1.165, 1.54) is 76.2 Å². The summed E-state index contributed by atoms with van der Waals surface area (Å²) in [5.41, 5.74) is 5.97. The molecule has 3 heteroatoms. The minimum Gasteiger partial charge on any atom is -0.390 e. The van der Waals surface area contributed by atoms with Crippen LogP contribution in [0.4, 0.5) is 0 Å². The first-order valence-corrected chi connectivity index (χ1v) is 13.4. The maximum absolute atomic E-state index is 11.3. The van der Waals surface area contributed by atoms with Gasteiger partial charge in [-0.05, 0) is 29.4 Å². The fourth-order valence-electron chi connectivity index (χ4n) is 5.98. The highest BCUT2D eigenvalue weighted by atomic mass is 16.3. The van der Waals surface area contributed by atoms with Crippen LogP contribution in [0.3, 0.4) is 0 Å². The summed E-state index contributed by atoms with van der Waals surface area (Å²) < 4.78 is 2.38. The van der Waals surface area contributed by atoms with Crippen LogP contribution < -0.4 is 5.32 Å². The van der Waals surface area contributed by atoms with Gasteiger partial charge in [0.05, 0.1) is 23.9 Å². The molecule has 36 heavy (non-hydrogen) atoms. The van der Waals surface area contributed by atoms with E-state index in [0.29, 0.717) is 19.1 Å². The van der Waals surface area contributed by atoms with Crippen molar-refractivity contribution in [1.29, 1.82) is 0 Å². The standard InChI is InChI=1S/C33H34N2O/c36-28(22-34-27-17-8-3-9-18-27)23-35-32(26-15-6-2-7-16-26)31(25-13-4-1-5-14-25)30-21-20-24-12-10-11-19-29(24)33(30)35/h1-2,4-7,10-16,19-21,27-28,34,36H,3,8-9,17-18,22-23H2/t28-/m0/s1. The van der Waals surface area contributed by atoms with Gasteiger partial charge in [0.1, 0.15) is 0 Å². The van der Waals surface area contributed by atoms with Crippen molar-refractivity contribution in [1.82, 2.24) is 9.88 Å². The van der Waals surface area contributed by atoms with Gasteiger partial charge in [-0.2, -0.15) is 0 Å². The monoisotopic (exact) mass is 474 g/mol. The van der Waals surface area contributed by atoms with Crippen molar-refractivity contribution in [3.63, 3.8) is 0 Å². The van der Waals surface area contributed by atoms with Crippen LogP contribution in [0.25, 0.3) is 44.1 Å². The Hall–Kier alpha value is -3.40. The van der Waals surface area contributed by atoms with Crippen molar-refractivity contribution in [2.24, 2.45) is 0 Å². The van der Waals surface area contributed by atoms with E-state index in [1.807, 2.05) is 0 Å². The molecular weight excluding hydrogens is 440 g/mol. The van der Waals surface area contributed by atoms with Gasteiger partial charge >= 0.3 is 0 Å². The molecule has 1 saturated carbocycles. The third-order valence-electron chi connectivity index (χ3n) is 7.70. The van der Waals surface area contributed by atoms with Gasteiger partial charge in [0.15, 0.2) is 0 Å². The van der Waals surface area contributed by atoms with Crippen molar-refractivity contribution in [2.75, 3.05) is 6.54 Å². The molecule has 4 aromatic carbocycles. The molecule has 0 amide bonds. The Labute approximate surface area is 213 Å². The molecular formula is C33H34N2O. The van der Waals surface area contributed by atoms with Gasteiger partial charge in [0.25, 0.3) is 0 Å². The topological polar surface area (TPSA) is 37.2 Å². The largest absolute Gasteiger partial charge is 0.390 e. The first-order chi connectivity index (χ1) is 17.8. The summed E-state index contributed by atoms with van der Waals surface area (Å²) in [7, 11) is 0. The molecule has 0 bridgehead atoms. The second-order valence-electron chi connectivity index (χ2n) is 10.1. The number of benzene rings is 4. The summed E-state index contributed by atoms with van der Waals surface area (Å²) in [5, 5.41) is 18.7. The molecule has 0 radical (unpaired) electrons. The van der Waals surface area contributed by atoms with Crippen molar-refractivity contribution in [2.45, 2.75) is 50.8 Å². The Morgan fingerprint density at radius 3 is 2.14 bits per heavy atom. The van der Waals surface area contributed by atoms with E-state index in [2.05, 4.69) is 107 Å². The molecule has 2 N–H and O–H groups in total. The zero-order valence-corrected chi connectivity index (χ0v) is 20.7. The minimum atomic E-state index is -0.479. The number of rotatable bonds is 7. The first kappa shape index (κ1) is 23.0. The van der Waals surface area contributed by atoms with Crippen LogP contribution in [-0.2, 0) is 6.54 Å². The van der Waals surface area contributed by atoms with E-state index in [4.69, 9.17) is 0 Å². The fraction of sp³-hybridized carbons (Fsp3) is 0.273. The number of aliphatic hydroxyl groups is 1. The normalized spacial score (nSPS) is 15.5. The third kappa shape index (κ3) is 4.45. The predicted octanol–water partition coefficient (Wildman–Crippen LogP) is 7.41. The highest BCUT2D eigenvalue weighted by Gasteiger charge is 2.23. The Kier molecular flexibility index (Phi) is 6.59. The number of hydrogen-bond donors (Lipinski definition) is 2. The molecule has 0 aliphatic heterocycles. The molecule has 1 aliphatic carbocycles. The summed E-state index contributed by atoms with van der Waals surface area (Å²) in [6, 6.07) is 34.9. The number of aromatic nitrogens is 1. The number of hydrogen-bond acceptors (Lipinski definition) is 2. The van der Waals surface area contributed by atoms with Crippen molar-refractivity contribution < 1.29 is 5.11 Å². The average Bonchev–Trinajstić information content (AvgIpc) is 3.27. The number of aliphatic hydroxyl groups excluding tert-OH is 1. The van der Waals surface area contributed by atoms with Crippen LogP contribution in [0.5, 0.6) is 0 Å². The van der Waals surface area contributed by atoms with E-state index in [0.717, 1.165) is 0 Å². The highest BCUT2D eigenvalue weighted by molar-refractivity contribution is 6.15. The van der Waals surface area contributed by atoms with E-state index in [1.54, 1.807) is 0 Å². The maximum Gasteiger partial charge on any atom is 0.0843 e. The molecule has 5 aromatic rings. The maximum atomic E-state index is 11.3. The van der Waals surface area contributed by atoms with Gasteiger partial charge in [0.2, 0.25) is 0 Å². The van der Waals surface area contributed by atoms with Crippen LogP contribution in [0, 0.1) is 0 Å². The van der Waals surface area contributed by atoms with Gasteiger partial charge in [-0.25, -0.2) is 0 Å². The molecule has 3 nitrogen and oxygen atoms in total. The molecule has 1 fully saturated rings. The zero-order chi connectivity index (χ0) is 24.3. The molecule has 0 spiro atoms. The van der Waals surface area contributed by atoms with E-state index in [-0.39, 0.29) is 0 Å². The van der Waals surface area contributed by atoms with E-state index < -0.39 is 6.10 Å². The van der Waals surface area contributed by atoms with Gasteiger partial charge < -0.3 is 15.0 Å². The Morgan fingerprint density at radius 2 is 1.39 bits per heavy atom. The van der Waals surface area contributed by atoms with Crippen molar-refractivity contribution >= 4 is 21.7 Å². The molecule has 6 rings (SSSR count). The molecule has 1 aromatic heterocycles. The summed E-state index contributed by atoms with van der Waals surface area (Å²) in [5.74, 6) is 0.